The number of nitrogens with one attached hydrogen (secondary N) is 1. The predicted octanol–water partition coefficient (Wildman–Crippen LogP) is 0.775. The van der Waals surface area contributed by atoms with Crippen LogP contribution in [0.15, 0.2) is 0 Å². The summed E-state index contributed by atoms with van der Waals surface area (Å²) >= 11 is 0. The Morgan fingerprint density at radius 3 is 2.78 bits per heavy atom. The summed E-state index contributed by atoms with van der Waals surface area (Å²) in [6, 6.07) is 0. The third kappa shape index (κ3) is 1.66. The van der Waals surface area contributed by atoms with E-state index in [1.165, 1.54) is 0 Å². The molecule has 0 aromatic carbocycles. The fraction of sp³-hybridized carbons (Fsp3) is 1.00. The van der Waals surface area contributed by atoms with Crippen LogP contribution < -0.4 is 5.32 Å². The highest BCUT2D eigenvalue weighted by atomic mass is 16.5. The van der Waals surface area contributed by atoms with Crippen LogP contribution in [0, 0.1) is 0 Å². The van der Waals surface area contributed by atoms with Crippen LogP contribution in [0.2, 0.25) is 0 Å². The largest absolute Gasteiger partial charge is 0.378 e. The average molecular weight is 129 g/mol. The second kappa shape index (κ2) is 2.67. The lowest BCUT2D eigenvalue weighted by Crippen LogP contribution is -2.51. The molecule has 0 radical (unpaired) electrons. The van der Waals surface area contributed by atoms with E-state index < -0.39 is 0 Å². The minimum atomic E-state index is 0.248. The van der Waals surface area contributed by atoms with E-state index >= 15 is 0 Å². The summed E-state index contributed by atoms with van der Waals surface area (Å²) in [7, 11) is 0. The van der Waals surface area contributed by atoms with Crippen molar-refractivity contribution in [2.75, 3.05) is 19.8 Å². The minimum absolute atomic E-state index is 0.248. The Labute approximate surface area is 56.6 Å². The lowest BCUT2D eigenvalue weighted by molar-refractivity contribution is 0.0338. The van der Waals surface area contributed by atoms with E-state index in [1.54, 1.807) is 0 Å². The van der Waals surface area contributed by atoms with Crippen molar-refractivity contribution in [1.29, 1.82) is 0 Å². The van der Waals surface area contributed by atoms with Gasteiger partial charge in [-0.2, -0.15) is 0 Å². The van der Waals surface area contributed by atoms with Gasteiger partial charge in [-0.1, -0.05) is 6.92 Å². The van der Waals surface area contributed by atoms with Gasteiger partial charge in [0.1, 0.15) is 0 Å². The molecule has 54 valence electrons. The molecular formula is C7H15NO. The molecule has 0 amide bonds. The van der Waals surface area contributed by atoms with E-state index in [4.69, 9.17) is 4.74 Å². The number of hydrogen-bond acceptors (Lipinski definition) is 2. The van der Waals surface area contributed by atoms with Gasteiger partial charge in [-0.3, -0.25) is 0 Å². The van der Waals surface area contributed by atoms with Gasteiger partial charge >= 0.3 is 0 Å². The van der Waals surface area contributed by atoms with Gasteiger partial charge < -0.3 is 10.1 Å². The summed E-state index contributed by atoms with van der Waals surface area (Å²) in [5.41, 5.74) is 0.248. The van der Waals surface area contributed by atoms with Gasteiger partial charge in [-0.25, -0.2) is 0 Å². The monoisotopic (exact) mass is 129 g/mol. The van der Waals surface area contributed by atoms with Gasteiger partial charge in [0.25, 0.3) is 0 Å². The number of rotatable bonds is 1. The van der Waals surface area contributed by atoms with Crippen molar-refractivity contribution in [3.8, 4) is 0 Å². The molecule has 1 heterocycles. The SMILES string of the molecule is CC[C@@]1(C)COCCN1. The summed E-state index contributed by atoms with van der Waals surface area (Å²) in [5.74, 6) is 0. The molecule has 1 N–H and O–H groups in total. The van der Waals surface area contributed by atoms with Gasteiger partial charge in [0.15, 0.2) is 0 Å². The quantitative estimate of drug-likeness (QED) is 0.564. The van der Waals surface area contributed by atoms with Crippen LogP contribution in [-0.2, 0) is 4.74 Å². The van der Waals surface area contributed by atoms with E-state index in [9.17, 15) is 0 Å². The second-order valence-electron chi connectivity index (χ2n) is 2.89. The molecule has 0 saturated carbocycles. The zero-order chi connectivity index (χ0) is 6.74. The molecule has 0 bridgehead atoms. The first kappa shape index (κ1) is 7.03. The van der Waals surface area contributed by atoms with Crippen molar-refractivity contribution >= 4 is 0 Å². The van der Waals surface area contributed by atoms with E-state index in [2.05, 4.69) is 19.2 Å². The maximum atomic E-state index is 5.31. The smallest absolute Gasteiger partial charge is 0.0646 e. The zero-order valence-corrected chi connectivity index (χ0v) is 6.24. The molecule has 0 aliphatic carbocycles. The van der Waals surface area contributed by atoms with Crippen LogP contribution in [0.5, 0.6) is 0 Å². The highest BCUT2D eigenvalue weighted by molar-refractivity contribution is 4.83. The van der Waals surface area contributed by atoms with Crippen LogP contribution in [0.3, 0.4) is 0 Å². The molecule has 1 saturated heterocycles. The van der Waals surface area contributed by atoms with Crippen LogP contribution in [0.1, 0.15) is 20.3 Å². The van der Waals surface area contributed by atoms with Crippen molar-refractivity contribution in [3.05, 3.63) is 0 Å². The molecule has 0 spiro atoms. The molecule has 0 aromatic heterocycles. The maximum Gasteiger partial charge on any atom is 0.0646 e. The van der Waals surface area contributed by atoms with Gasteiger partial charge in [-0.15, -0.1) is 0 Å². The van der Waals surface area contributed by atoms with Crippen molar-refractivity contribution in [2.45, 2.75) is 25.8 Å². The Morgan fingerprint density at radius 1 is 1.67 bits per heavy atom. The second-order valence-corrected chi connectivity index (χ2v) is 2.89. The van der Waals surface area contributed by atoms with Crippen LogP contribution in [0.4, 0.5) is 0 Å². The number of morpholine rings is 1. The molecule has 9 heavy (non-hydrogen) atoms. The summed E-state index contributed by atoms with van der Waals surface area (Å²) < 4.78 is 5.31. The highest BCUT2D eigenvalue weighted by Crippen LogP contribution is 2.11. The minimum Gasteiger partial charge on any atom is -0.378 e. The maximum absolute atomic E-state index is 5.31. The number of ether oxygens (including phenoxy) is 1. The Bertz CT molecular complexity index is 86.9. The molecule has 1 aliphatic heterocycles. The Kier molecular flexibility index (Phi) is 2.09. The van der Waals surface area contributed by atoms with E-state index in [0.717, 1.165) is 26.2 Å². The van der Waals surface area contributed by atoms with Gasteiger partial charge in [0.05, 0.1) is 13.2 Å². The average Bonchev–Trinajstić information content (AvgIpc) is 1.90. The summed E-state index contributed by atoms with van der Waals surface area (Å²) in [5, 5.41) is 3.42. The molecule has 0 unspecified atom stereocenters. The predicted molar refractivity (Wildman–Crippen MR) is 37.5 cm³/mol. The van der Waals surface area contributed by atoms with Crippen molar-refractivity contribution in [1.82, 2.24) is 5.32 Å². The zero-order valence-electron chi connectivity index (χ0n) is 6.24. The third-order valence-corrected chi connectivity index (χ3v) is 2.00. The fourth-order valence-electron chi connectivity index (χ4n) is 1.00. The molecule has 1 rings (SSSR count). The summed E-state index contributed by atoms with van der Waals surface area (Å²) in [6.07, 6.45) is 1.15. The molecule has 1 aliphatic rings. The van der Waals surface area contributed by atoms with Gasteiger partial charge in [0.2, 0.25) is 0 Å². The van der Waals surface area contributed by atoms with E-state index in [0.29, 0.717) is 0 Å². The third-order valence-electron chi connectivity index (χ3n) is 2.00. The molecule has 2 heteroatoms. The highest BCUT2D eigenvalue weighted by Gasteiger charge is 2.23. The molecule has 0 aromatic rings. The topological polar surface area (TPSA) is 21.3 Å². The Balaban J connectivity index is 2.37. The first-order chi connectivity index (χ1) is 4.27. The van der Waals surface area contributed by atoms with Crippen molar-refractivity contribution in [3.63, 3.8) is 0 Å². The lowest BCUT2D eigenvalue weighted by Gasteiger charge is -2.33. The fourth-order valence-corrected chi connectivity index (χ4v) is 1.00. The number of hydrogen-bond donors (Lipinski definition) is 1. The van der Waals surface area contributed by atoms with Crippen LogP contribution in [0.25, 0.3) is 0 Å². The first-order valence-corrected chi connectivity index (χ1v) is 3.60. The van der Waals surface area contributed by atoms with Gasteiger partial charge in [-0.05, 0) is 13.3 Å². The normalized spacial score (nSPS) is 36.7. The van der Waals surface area contributed by atoms with Crippen LogP contribution in [-0.4, -0.2) is 25.3 Å². The standard InChI is InChI=1S/C7H15NO/c1-3-7(2)6-9-5-4-8-7/h8H,3-6H2,1-2H3/t7-/m0/s1. The van der Waals surface area contributed by atoms with Crippen LogP contribution >= 0.6 is 0 Å². The summed E-state index contributed by atoms with van der Waals surface area (Å²) in [4.78, 5) is 0. The molecule has 2 nitrogen and oxygen atoms in total. The Morgan fingerprint density at radius 2 is 2.44 bits per heavy atom. The van der Waals surface area contributed by atoms with Crippen molar-refractivity contribution < 1.29 is 4.74 Å². The molecular weight excluding hydrogens is 114 g/mol. The van der Waals surface area contributed by atoms with Crippen molar-refractivity contribution in [2.24, 2.45) is 0 Å². The van der Waals surface area contributed by atoms with Gasteiger partial charge in [0, 0.05) is 12.1 Å². The summed E-state index contributed by atoms with van der Waals surface area (Å²) in [6.45, 7) is 7.12. The first-order valence-electron chi connectivity index (χ1n) is 3.60. The molecule has 1 fully saturated rings. The van der Waals surface area contributed by atoms with E-state index in [1.807, 2.05) is 0 Å². The van der Waals surface area contributed by atoms with E-state index in [-0.39, 0.29) is 5.54 Å². The Hall–Kier alpha value is -0.0800. The lowest BCUT2D eigenvalue weighted by atomic mass is 9.99. The molecule has 1 atom stereocenters.